The number of rotatable bonds is 3. The van der Waals surface area contributed by atoms with E-state index >= 15 is 0 Å². The van der Waals surface area contributed by atoms with E-state index in [4.69, 9.17) is 9.47 Å². The van der Waals surface area contributed by atoms with Crippen molar-refractivity contribution in [1.29, 1.82) is 0 Å². The number of amides is 2. The fraction of sp³-hybridized carbons (Fsp3) is 0.857. The number of likely N-dealkylation sites (tertiary alicyclic amines) is 1. The van der Waals surface area contributed by atoms with Crippen molar-refractivity contribution in [1.82, 2.24) is 10.2 Å². The summed E-state index contributed by atoms with van der Waals surface area (Å²) in [5.74, 6) is -0.682. The summed E-state index contributed by atoms with van der Waals surface area (Å²) in [4.78, 5) is 25.6. The van der Waals surface area contributed by atoms with Gasteiger partial charge < -0.3 is 24.8 Å². The minimum Gasteiger partial charge on any atom is -0.481 e. The average Bonchev–Trinajstić information content (AvgIpc) is 3.10. The Morgan fingerprint density at radius 2 is 2.24 bits per heavy atom. The van der Waals surface area contributed by atoms with Gasteiger partial charge in [-0.1, -0.05) is 6.42 Å². The van der Waals surface area contributed by atoms with Crippen molar-refractivity contribution in [2.24, 2.45) is 11.3 Å². The Morgan fingerprint density at radius 3 is 2.90 bits per heavy atom. The highest BCUT2D eigenvalue weighted by Gasteiger charge is 2.56. The highest BCUT2D eigenvalue weighted by molar-refractivity contribution is 5.80. The van der Waals surface area contributed by atoms with Crippen molar-refractivity contribution in [3.8, 4) is 0 Å². The zero-order valence-electron chi connectivity index (χ0n) is 12.2. The number of hydrogen-bond donors (Lipinski definition) is 2. The Kier molecular flexibility index (Phi) is 3.79. The summed E-state index contributed by atoms with van der Waals surface area (Å²) in [5.41, 5.74) is -0.732. The second kappa shape index (κ2) is 5.46. The van der Waals surface area contributed by atoms with E-state index in [0.29, 0.717) is 32.7 Å². The lowest BCUT2D eigenvalue weighted by Crippen LogP contribution is -2.49. The molecule has 2 N–H and O–H groups in total. The van der Waals surface area contributed by atoms with Crippen LogP contribution in [0.15, 0.2) is 0 Å². The fourth-order valence-electron chi connectivity index (χ4n) is 3.95. The molecule has 4 atom stereocenters. The van der Waals surface area contributed by atoms with Crippen LogP contribution in [0.2, 0.25) is 0 Å². The molecule has 0 radical (unpaired) electrons. The summed E-state index contributed by atoms with van der Waals surface area (Å²) in [6, 6.07) is -0.369. The number of fused-ring (bicyclic) bond motifs is 1. The van der Waals surface area contributed by atoms with Gasteiger partial charge >= 0.3 is 12.0 Å². The predicted molar refractivity (Wildman–Crippen MR) is 72.9 cm³/mol. The number of aliphatic carboxylic acids is 1. The van der Waals surface area contributed by atoms with Gasteiger partial charge in [0.05, 0.1) is 24.7 Å². The van der Waals surface area contributed by atoms with E-state index in [1.165, 1.54) is 0 Å². The van der Waals surface area contributed by atoms with Crippen LogP contribution in [0.25, 0.3) is 0 Å². The molecule has 118 valence electrons. The summed E-state index contributed by atoms with van der Waals surface area (Å²) < 4.78 is 10.6. The number of nitrogens with one attached hydrogen (secondary N) is 1. The largest absolute Gasteiger partial charge is 0.481 e. The maximum absolute atomic E-state index is 12.4. The van der Waals surface area contributed by atoms with Gasteiger partial charge in [-0.15, -0.1) is 0 Å². The van der Waals surface area contributed by atoms with E-state index in [2.05, 4.69) is 5.32 Å². The third kappa shape index (κ3) is 2.38. The van der Waals surface area contributed by atoms with Gasteiger partial charge in [-0.2, -0.15) is 0 Å². The number of carboxylic acids is 1. The number of hydrogen-bond acceptors (Lipinski definition) is 4. The highest BCUT2D eigenvalue weighted by Crippen LogP contribution is 2.48. The van der Waals surface area contributed by atoms with Gasteiger partial charge in [-0.3, -0.25) is 4.79 Å². The Balaban J connectivity index is 1.63. The summed E-state index contributed by atoms with van der Waals surface area (Å²) in [6.07, 6.45) is 2.37. The number of methoxy groups -OCH3 is 1. The first kappa shape index (κ1) is 14.6. The van der Waals surface area contributed by atoms with Crippen LogP contribution < -0.4 is 5.32 Å². The molecule has 2 saturated heterocycles. The Bertz CT molecular complexity index is 443. The van der Waals surface area contributed by atoms with Crippen LogP contribution in [0.3, 0.4) is 0 Å². The molecule has 2 aliphatic heterocycles. The van der Waals surface area contributed by atoms with Gasteiger partial charge in [0.2, 0.25) is 0 Å². The third-order valence-electron chi connectivity index (χ3n) is 5.22. The maximum Gasteiger partial charge on any atom is 0.317 e. The lowest BCUT2D eigenvalue weighted by molar-refractivity contribution is -0.149. The molecule has 7 heteroatoms. The zero-order chi connectivity index (χ0) is 15.0. The van der Waals surface area contributed by atoms with Crippen LogP contribution >= 0.6 is 0 Å². The normalized spacial score (nSPS) is 38.5. The van der Waals surface area contributed by atoms with Crippen LogP contribution in [0.4, 0.5) is 4.79 Å². The van der Waals surface area contributed by atoms with Crippen molar-refractivity contribution < 1.29 is 24.2 Å². The average molecular weight is 298 g/mol. The summed E-state index contributed by atoms with van der Waals surface area (Å²) in [7, 11) is 1.60. The van der Waals surface area contributed by atoms with E-state index in [0.717, 1.165) is 12.8 Å². The van der Waals surface area contributed by atoms with Gasteiger partial charge in [0, 0.05) is 20.2 Å². The van der Waals surface area contributed by atoms with Crippen LogP contribution in [-0.2, 0) is 14.3 Å². The molecule has 21 heavy (non-hydrogen) atoms. The molecule has 1 aliphatic carbocycles. The van der Waals surface area contributed by atoms with Crippen molar-refractivity contribution in [3.63, 3.8) is 0 Å². The standard InChI is InChI=1S/C14H22N2O5/c1-20-11-7-21-6-10(11)15-13(19)16-5-9-3-2-4-14(9,8-16)12(17)18/h9-11H,2-8H2,1H3,(H,15,19)(H,17,18)/t9-,10-,11+,14+/m0/s1. The highest BCUT2D eigenvalue weighted by atomic mass is 16.5. The van der Waals surface area contributed by atoms with E-state index in [-0.39, 0.29) is 24.1 Å². The number of nitrogens with zero attached hydrogens (tertiary/aromatic N) is 1. The number of carboxylic acid groups (broad SMARTS) is 1. The molecular weight excluding hydrogens is 276 g/mol. The molecule has 2 heterocycles. The molecule has 0 aromatic heterocycles. The lowest BCUT2D eigenvalue weighted by Gasteiger charge is -2.25. The van der Waals surface area contributed by atoms with E-state index < -0.39 is 11.4 Å². The lowest BCUT2D eigenvalue weighted by atomic mass is 9.81. The molecule has 1 saturated carbocycles. The quantitative estimate of drug-likeness (QED) is 0.782. The molecule has 0 aromatic rings. The molecule has 3 aliphatic rings. The minimum atomic E-state index is -0.765. The predicted octanol–water partition coefficient (Wildman–Crippen LogP) is 0.297. The minimum absolute atomic E-state index is 0.0822. The second-order valence-electron chi connectivity index (χ2n) is 6.30. The Hall–Kier alpha value is -1.34. The van der Waals surface area contributed by atoms with Crippen molar-refractivity contribution in [2.75, 3.05) is 33.4 Å². The van der Waals surface area contributed by atoms with Gasteiger partial charge in [0.25, 0.3) is 0 Å². The van der Waals surface area contributed by atoms with E-state index in [1.54, 1.807) is 12.0 Å². The van der Waals surface area contributed by atoms with Crippen LogP contribution in [0, 0.1) is 11.3 Å². The molecule has 0 bridgehead atoms. The fourth-order valence-corrected chi connectivity index (χ4v) is 3.95. The summed E-state index contributed by atoms with van der Waals surface area (Å²) in [5, 5.41) is 12.5. The molecule has 7 nitrogen and oxygen atoms in total. The SMILES string of the molecule is CO[C@@H]1COC[C@@H]1NC(=O)N1C[C@@H]2CCC[C@@]2(C(=O)O)C1. The van der Waals surface area contributed by atoms with E-state index in [1.807, 2.05) is 0 Å². The number of ether oxygens (including phenoxy) is 2. The van der Waals surface area contributed by atoms with Crippen LogP contribution in [-0.4, -0.2) is 67.6 Å². The number of urea groups is 1. The monoisotopic (exact) mass is 298 g/mol. The van der Waals surface area contributed by atoms with Gasteiger partial charge in [-0.05, 0) is 18.8 Å². The third-order valence-corrected chi connectivity index (χ3v) is 5.22. The molecule has 0 spiro atoms. The first-order valence-corrected chi connectivity index (χ1v) is 7.46. The molecule has 3 fully saturated rings. The van der Waals surface area contributed by atoms with Crippen molar-refractivity contribution >= 4 is 12.0 Å². The summed E-state index contributed by atoms with van der Waals surface area (Å²) >= 11 is 0. The van der Waals surface area contributed by atoms with Crippen molar-refractivity contribution in [3.05, 3.63) is 0 Å². The number of carbonyl (C=O) groups excluding carboxylic acids is 1. The van der Waals surface area contributed by atoms with Gasteiger partial charge in [-0.25, -0.2) is 4.79 Å². The molecule has 0 unspecified atom stereocenters. The molecule has 0 aromatic carbocycles. The van der Waals surface area contributed by atoms with Crippen LogP contribution in [0.5, 0.6) is 0 Å². The van der Waals surface area contributed by atoms with Gasteiger partial charge in [0.1, 0.15) is 6.10 Å². The number of carbonyl (C=O) groups is 2. The van der Waals surface area contributed by atoms with Crippen LogP contribution in [0.1, 0.15) is 19.3 Å². The Labute approximate surface area is 123 Å². The molecule has 3 rings (SSSR count). The second-order valence-corrected chi connectivity index (χ2v) is 6.30. The van der Waals surface area contributed by atoms with E-state index in [9.17, 15) is 14.7 Å². The first-order chi connectivity index (χ1) is 10.1. The zero-order valence-corrected chi connectivity index (χ0v) is 12.2. The topological polar surface area (TPSA) is 88.1 Å². The first-order valence-electron chi connectivity index (χ1n) is 7.46. The van der Waals surface area contributed by atoms with Gasteiger partial charge in [0.15, 0.2) is 0 Å². The van der Waals surface area contributed by atoms with Crippen molar-refractivity contribution in [2.45, 2.75) is 31.4 Å². The molecular formula is C14H22N2O5. The smallest absolute Gasteiger partial charge is 0.317 e. The maximum atomic E-state index is 12.4. The Morgan fingerprint density at radius 1 is 1.43 bits per heavy atom. The summed E-state index contributed by atoms with van der Waals surface area (Å²) in [6.45, 7) is 1.75. The molecule has 2 amide bonds.